The Kier molecular flexibility index (Phi) is 17.0. The number of hydrogen-bond donors (Lipinski definition) is 15. The molecule has 24 nitrogen and oxygen atoms in total. The van der Waals surface area contributed by atoms with Gasteiger partial charge in [0.25, 0.3) is 0 Å². The molecule has 78 heavy (non-hydrogen) atoms. The molecule has 0 aromatic heterocycles. The van der Waals surface area contributed by atoms with Crippen LogP contribution in [0.4, 0.5) is 0 Å². The molecular weight excluding hydrogens is 1030 g/mol. The van der Waals surface area contributed by atoms with Crippen molar-refractivity contribution in [2.24, 2.45) is 50.2 Å². The number of hydrogen-bond acceptors (Lipinski definition) is 23. The molecule has 15 N–H and O–H groups in total. The highest BCUT2D eigenvalue weighted by Gasteiger charge is 2.72. The highest BCUT2D eigenvalue weighted by molar-refractivity contribution is 5.73. The first kappa shape index (κ1) is 60.9. The molecule has 4 heterocycles. The molecule has 8 fully saturated rings. The van der Waals surface area contributed by atoms with Crippen LogP contribution in [-0.4, -0.2) is 244 Å². The number of rotatable bonds is 12. The van der Waals surface area contributed by atoms with Crippen molar-refractivity contribution in [1.29, 1.82) is 0 Å². The summed E-state index contributed by atoms with van der Waals surface area (Å²) in [7, 11) is 0. The van der Waals surface area contributed by atoms with Gasteiger partial charge in [0, 0.05) is 5.41 Å². The Morgan fingerprint density at radius 2 is 1.14 bits per heavy atom. The Morgan fingerprint density at radius 1 is 0.603 bits per heavy atom. The van der Waals surface area contributed by atoms with Crippen LogP contribution < -0.4 is 0 Å². The fraction of sp³-hybridized carbons (Fsp3) is 0.944. The Morgan fingerprint density at radius 3 is 1.68 bits per heavy atom. The minimum atomic E-state index is -2.18. The third-order valence-electron chi connectivity index (χ3n) is 21.4. The minimum absolute atomic E-state index is 0.000849. The van der Waals surface area contributed by atoms with Crippen molar-refractivity contribution in [3.63, 3.8) is 0 Å². The van der Waals surface area contributed by atoms with Gasteiger partial charge < -0.3 is 114 Å². The fourth-order valence-electron chi connectivity index (χ4n) is 16.8. The van der Waals surface area contributed by atoms with E-state index in [1.54, 1.807) is 0 Å². The molecule has 30 unspecified atom stereocenters. The maximum absolute atomic E-state index is 12.8. The van der Waals surface area contributed by atoms with Crippen LogP contribution >= 0.6 is 0 Å². The summed E-state index contributed by atoms with van der Waals surface area (Å²) in [6, 6.07) is 0. The van der Waals surface area contributed by atoms with Crippen molar-refractivity contribution in [2.75, 3.05) is 19.8 Å². The van der Waals surface area contributed by atoms with E-state index in [-0.39, 0.29) is 23.9 Å². The molecule has 0 spiro atoms. The van der Waals surface area contributed by atoms with E-state index < -0.39 is 193 Å². The standard InChI is InChI=1S/C54H88O24/c1-21-30(60)33(63)38(68)45(71-21)76-40-34(64)31(61)25(18-55)72-46(40)77-41-35(65)32(62)26(19-56)73-47(41)78-42-37(67)36(66)39(44(69)70)75-48(42)74-29-11-12-51(6)27-10-9-22-23-15-49(2,3)13-14-54(23,20-57)28(59)17-52(22,7)53(27,8)16-24(58)43(51)50(29,4)5/h9,21,23-43,45-48,55-68H,10-20H2,1-8H3,(H,69,70). The number of fused-ring (bicyclic) bond motifs is 7. The van der Waals surface area contributed by atoms with E-state index in [2.05, 4.69) is 40.7 Å². The summed E-state index contributed by atoms with van der Waals surface area (Å²) < 4.78 is 48.3. The summed E-state index contributed by atoms with van der Waals surface area (Å²) in [6.07, 6.45) is -33.0. The second kappa shape index (κ2) is 21.8. The molecule has 4 saturated carbocycles. The van der Waals surface area contributed by atoms with E-state index in [0.29, 0.717) is 38.5 Å². The molecule has 0 aromatic rings. The van der Waals surface area contributed by atoms with Crippen LogP contribution in [0.1, 0.15) is 107 Å². The highest BCUT2D eigenvalue weighted by Crippen LogP contribution is 2.76. The average Bonchev–Trinajstić information content (AvgIpc) is 3.36. The zero-order chi connectivity index (χ0) is 57.3. The normalized spacial score (nSPS) is 54.9. The fourth-order valence-corrected chi connectivity index (χ4v) is 16.8. The monoisotopic (exact) mass is 1120 g/mol. The second-order valence-electron chi connectivity index (χ2n) is 26.6. The van der Waals surface area contributed by atoms with E-state index in [0.717, 1.165) is 12.8 Å². The van der Waals surface area contributed by atoms with Crippen LogP contribution in [0.2, 0.25) is 0 Å². The molecule has 0 amide bonds. The topological polar surface area (TPSA) is 394 Å². The number of carboxylic acids is 1. The molecule has 4 aliphatic heterocycles. The average molecular weight is 1120 g/mol. The van der Waals surface area contributed by atoms with Gasteiger partial charge in [0.05, 0.1) is 44.2 Å². The van der Waals surface area contributed by atoms with Gasteiger partial charge in [-0.15, -0.1) is 0 Å². The Bertz CT molecular complexity index is 2170. The maximum atomic E-state index is 12.8. The quantitative estimate of drug-likeness (QED) is 0.0709. The number of carboxylic acid groups (broad SMARTS) is 1. The lowest BCUT2D eigenvalue weighted by Crippen LogP contribution is -2.70. The van der Waals surface area contributed by atoms with Crippen molar-refractivity contribution >= 4 is 5.97 Å². The largest absolute Gasteiger partial charge is 0.479 e. The van der Waals surface area contributed by atoms with Gasteiger partial charge in [-0.2, -0.15) is 0 Å². The summed E-state index contributed by atoms with van der Waals surface area (Å²) >= 11 is 0. The summed E-state index contributed by atoms with van der Waals surface area (Å²) in [4.78, 5) is 12.7. The molecule has 30 atom stereocenters. The van der Waals surface area contributed by atoms with Crippen LogP contribution in [0.3, 0.4) is 0 Å². The van der Waals surface area contributed by atoms with Crippen LogP contribution in [0.25, 0.3) is 0 Å². The van der Waals surface area contributed by atoms with Gasteiger partial charge in [-0.25, -0.2) is 4.79 Å². The summed E-state index contributed by atoms with van der Waals surface area (Å²) in [5.41, 5.74) is -1.90. The zero-order valence-corrected chi connectivity index (χ0v) is 45.7. The first-order chi connectivity index (χ1) is 36.4. The number of aliphatic hydroxyl groups is 14. The third-order valence-corrected chi connectivity index (χ3v) is 21.4. The molecule has 5 aliphatic carbocycles. The molecule has 24 heteroatoms. The van der Waals surface area contributed by atoms with E-state index in [1.807, 2.05) is 13.8 Å². The van der Waals surface area contributed by atoms with Gasteiger partial charge in [0.15, 0.2) is 31.3 Å². The second-order valence-corrected chi connectivity index (χ2v) is 26.6. The Labute approximate surface area is 453 Å². The minimum Gasteiger partial charge on any atom is -0.479 e. The van der Waals surface area contributed by atoms with Crippen molar-refractivity contribution in [1.82, 2.24) is 0 Å². The van der Waals surface area contributed by atoms with Crippen LogP contribution in [0, 0.1) is 50.2 Å². The van der Waals surface area contributed by atoms with Gasteiger partial charge >= 0.3 is 5.97 Å². The lowest BCUT2D eigenvalue weighted by molar-refractivity contribution is -0.407. The number of aliphatic hydroxyl groups excluding tert-OH is 14. The molecule has 0 aromatic carbocycles. The van der Waals surface area contributed by atoms with Crippen LogP contribution in [0.15, 0.2) is 11.6 Å². The predicted octanol–water partition coefficient (Wildman–Crippen LogP) is -2.50. The third kappa shape index (κ3) is 9.67. The van der Waals surface area contributed by atoms with Crippen LogP contribution in [0.5, 0.6) is 0 Å². The molecule has 4 saturated heterocycles. The predicted molar refractivity (Wildman–Crippen MR) is 265 cm³/mol. The van der Waals surface area contributed by atoms with Gasteiger partial charge in [-0.3, -0.25) is 0 Å². The first-order valence-electron chi connectivity index (χ1n) is 27.9. The summed E-state index contributed by atoms with van der Waals surface area (Å²) in [5.74, 6) is -2.15. The summed E-state index contributed by atoms with van der Waals surface area (Å²) in [6.45, 7) is 14.4. The van der Waals surface area contributed by atoms with Crippen molar-refractivity contribution in [2.45, 2.75) is 248 Å². The first-order valence-corrected chi connectivity index (χ1v) is 27.9. The smallest absolute Gasteiger partial charge is 0.335 e. The molecule has 9 rings (SSSR count). The SMILES string of the molecule is CC1OC(OC2C(OC3C(OC4C(OC5CCC6(C)C(C(O)CC7(C)C6CC=C6C8CC(C)(C)CCC8(CO)C(O)CC67C)C5(C)C)OC(C(=O)O)C(O)C4O)OC(CO)C(O)C3O)OC(CO)C(O)C2O)C(O)C(O)C1O. The Hall–Kier alpha value is -1.67. The van der Waals surface area contributed by atoms with Crippen molar-refractivity contribution < 1.29 is 119 Å². The number of aliphatic carboxylic acids is 1. The molecule has 0 radical (unpaired) electrons. The highest BCUT2D eigenvalue weighted by atomic mass is 16.8. The van der Waals surface area contributed by atoms with E-state index >= 15 is 0 Å². The maximum Gasteiger partial charge on any atom is 0.335 e. The van der Waals surface area contributed by atoms with Gasteiger partial charge in [-0.05, 0) is 103 Å². The molecule has 448 valence electrons. The zero-order valence-electron chi connectivity index (χ0n) is 45.7. The number of ether oxygens (including phenoxy) is 8. The lowest BCUT2D eigenvalue weighted by Gasteiger charge is -2.72. The van der Waals surface area contributed by atoms with E-state index in [1.165, 1.54) is 12.5 Å². The van der Waals surface area contributed by atoms with Gasteiger partial charge in [-0.1, -0.05) is 60.1 Å². The molecule has 0 bridgehead atoms. The van der Waals surface area contributed by atoms with Crippen molar-refractivity contribution in [3.05, 3.63) is 11.6 Å². The van der Waals surface area contributed by atoms with Crippen LogP contribution in [-0.2, 0) is 42.7 Å². The lowest BCUT2D eigenvalue weighted by atomic mass is 9.33. The van der Waals surface area contributed by atoms with Gasteiger partial charge in [0.2, 0.25) is 0 Å². The molecule has 9 aliphatic rings. The Balaban J connectivity index is 1.00. The summed E-state index contributed by atoms with van der Waals surface area (Å²) in [5, 5.41) is 167. The molecular formula is C54H88O24. The number of carbonyl (C=O) groups is 1. The van der Waals surface area contributed by atoms with Crippen molar-refractivity contribution in [3.8, 4) is 0 Å². The number of allylic oxidation sites excluding steroid dienone is 2. The van der Waals surface area contributed by atoms with Gasteiger partial charge in [0.1, 0.15) is 85.5 Å². The van der Waals surface area contributed by atoms with E-state index in [9.17, 15) is 81.4 Å². The van der Waals surface area contributed by atoms with E-state index in [4.69, 9.17) is 37.9 Å².